The van der Waals surface area contributed by atoms with E-state index in [4.69, 9.17) is 4.52 Å². The van der Waals surface area contributed by atoms with Crippen LogP contribution in [0.4, 0.5) is 0 Å². The van der Waals surface area contributed by atoms with Crippen molar-refractivity contribution in [1.29, 1.82) is 0 Å². The average molecular weight is 304 g/mol. The van der Waals surface area contributed by atoms with Crippen LogP contribution in [0.15, 0.2) is 21.8 Å². The van der Waals surface area contributed by atoms with E-state index >= 15 is 0 Å². The highest BCUT2D eigenvalue weighted by Crippen LogP contribution is 2.13. The molecule has 2 aromatic heterocycles. The summed E-state index contributed by atoms with van der Waals surface area (Å²) < 4.78 is 6.55. The van der Waals surface area contributed by atoms with E-state index in [9.17, 15) is 9.59 Å². The first-order chi connectivity index (χ1) is 10.5. The van der Waals surface area contributed by atoms with Gasteiger partial charge in [-0.3, -0.25) is 14.2 Å². The molecule has 1 amide bonds. The van der Waals surface area contributed by atoms with Crippen molar-refractivity contribution in [2.24, 2.45) is 0 Å². The third-order valence-electron chi connectivity index (χ3n) is 3.53. The van der Waals surface area contributed by atoms with Crippen LogP contribution in [-0.2, 0) is 17.8 Å². The Balaban J connectivity index is 1.79. The molecule has 0 unspecified atom stereocenters. The van der Waals surface area contributed by atoms with Crippen LogP contribution in [0.3, 0.4) is 0 Å². The molecule has 0 aliphatic heterocycles. The van der Waals surface area contributed by atoms with E-state index in [1.807, 2.05) is 13.8 Å². The second-order valence-electron chi connectivity index (χ2n) is 5.23. The van der Waals surface area contributed by atoms with Gasteiger partial charge in [-0.25, -0.2) is 4.98 Å². The maximum absolute atomic E-state index is 11.8. The second-order valence-corrected chi connectivity index (χ2v) is 5.23. The molecule has 0 aromatic carbocycles. The molecule has 0 atom stereocenters. The maximum Gasteiger partial charge on any atom is 0.256 e. The van der Waals surface area contributed by atoms with Gasteiger partial charge in [-0.2, -0.15) is 0 Å². The van der Waals surface area contributed by atoms with Crippen LogP contribution in [0.5, 0.6) is 0 Å². The van der Waals surface area contributed by atoms with Gasteiger partial charge in [0.05, 0.1) is 12.0 Å². The first kappa shape index (κ1) is 15.9. The number of amides is 1. The third kappa shape index (κ3) is 3.81. The monoisotopic (exact) mass is 304 g/mol. The molecule has 118 valence electrons. The normalized spacial score (nSPS) is 10.7. The van der Waals surface area contributed by atoms with E-state index in [1.54, 1.807) is 6.92 Å². The number of carbonyl (C=O) groups is 1. The predicted molar refractivity (Wildman–Crippen MR) is 80.5 cm³/mol. The Bertz CT molecular complexity index is 698. The van der Waals surface area contributed by atoms with Crippen LogP contribution >= 0.6 is 0 Å². The average Bonchev–Trinajstić information content (AvgIpc) is 2.80. The van der Waals surface area contributed by atoms with E-state index in [0.717, 1.165) is 17.0 Å². The molecular weight excluding hydrogens is 284 g/mol. The fourth-order valence-corrected chi connectivity index (χ4v) is 2.22. The molecule has 0 spiro atoms. The van der Waals surface area contributed by atoms with Crippen LogP contribution in [0.25, 0.3) is 0 Å². The van der Waals surface area contributed by atoms with Crippen LogP contribution < -0.4 is 10.9 Å². The minimum atomic E-state index is -0.0834. The van der Waals surface area contributed by atoms with Crippen LogP contribution in [0, 0.1) is 20.8 Å². The number of hydrogen-bond donors (Lipinski definition) is 1. The maximum atomic E-state index is 11.8. The van der Waals surface area contributed by atoms with Gasteiger partial charge < -0.3 is 9.84 Å². The zero-order chi connectivity index (χ0) is 16.1. The Morgan fingerprint density at radius 1 is 1.36 bits per heavy atom. The van der Waals surface area contributed by atoms with Gasteiger partial charge in [-0.05, 0) is 27.2 Å². The molecule has 22 heavy (non-hydrogen) atoms. The lowest BCUT2D eigenvalue weighted by molar-refractivity contribution is -0.121. The highest BCUT2D eigenvalue weighted by Gasteiger charge is 2.11. The number of hydrogen-bond acceptors (Lipinski definition) is 5. The molecule has 0 fully saturated rings. The summed E-state index contributed by atoms with van der Waals surface area (Å²) in [5.74, 6) is 0.691. The molecule has 0 saturated carbocycles. The highest BCUT2D eigenvalue weighted by molar-refractivity contribution is 5.76. The van der Waals surface area contributed by atoms with Crippen molar-refractivity contribution in [3.05, 3.63) is 45.5 Å². The standard InChI is InChI=1S/C15H20N4O3/c1-10-8-16-9-19(15(10)21)7-6-17-14(20)5-4-13-11(2)18-22-12(13)3/h8-9H,4-7H2,1-3H3,(H,17,20). The molecule has 0 saturated heterocycles. The quantitative estimate of drug-likeness (QED) is 0.856. The summed E-state index contributed by atoms with van der Waals surface area (Å²) in [4.78, 5) is 27.6. The van der Waals surface area contributed by atoms with Gasteiger partial charge in [0.15, 0.2) is 0 Å². The van der Waals surface area contributed by atoms with Crippen LogP contribution in [-0.4, -0.2) is 27.2 Å². The Kier molecular flexibility index (Phi) is 5.08. The molecule has 7 heteroatoms. The zero-order valence-electron chi connectivity index (χ0n) is 13.0. The summed E-state index contributed by atoms with van der Waals surface area (Å²) >= 11 is 0. The van der Waals surface area contributed by atoms with E-state index < -0.39 is 0 Å². The van der Waals surface area contributed by atoms with Crippen molar-refractivity contribution in [2.45, 2.75) is 40.2 Å². The summed E-state index contributed by atoms with van der Waals surface area (Å²) in [6.45, 7) is 6.22. The SMILES string of the molecule is Cc1noc(C)c1CCC(=O)NCCn1cncc(C)c1=O. The first-order valence-corrected chi connectivity index (χ1v) is 7.18. The number of aromatic nitrogens is 3. The smallest absolute Gasteiger partial charge is 0.256 e. The summed E-state index contributed by atoms with van der Waals surface area (Å²) in [5.41, 5.74) is 2.31. The topological polar surface area (TPSA) is 90.0 Å². The van der Waals surface area contributed by atoms with Crippen molar-refractivity contribution in [1.82, 2.24) is 20.0 Å². The van der Waals surface area contributed by atoms with Crippen molar-refractivity contribution in [2.75, 3.05) is 6.54 Å². The number of rotatable bonds is 6. The Morgan fingerprint density at radius 3 is 2.82 bits per heavy atom. The molecule has 1 N–H and O–H groups in total. The van der Waals surface area contributed by atoms with Gasteiger partial charge in [0.25, 0.3) is 5.56 Å². The van der Waals surface area contributed by atoms with Gasteiger partial charge in [0.1, 0.15) is 5.76 Å². The van der Waals surface area contributed by atoms with Crippen molar-refractivity contribution >= 4 is 5.91 Å². The van der Waals surface area contributed by atoms with Gasteiger partial charge in [-0.1, -0.05) is 5.16 Å². The lowest BCUT2D eigenvalue weighted by Crippen LogP contribution is -2.31. The van der Waals surface area contributed by atoms with Crippen LogP contribution in [0.1, 0.15) is 29.0 Å². The van der Waals surface area contributed by atoms with E-state index in [1.165, 1.54) is 17.1 Å². The molecule has 7 nitrogen and oxygen atoms in total. The largest absolute Gasteiger partial charge is 0.361 e. The van der Waals surface area contributed by atoms with Gasteiger partial charge in [0.2, 0.25) is 5.91 Å². The van der Waals surface area contributed by atoms with E-state index in [-0.39, 0.29) is 11.5 Å². The molecule has 2 aromatic rings. The Labute approximate surface area is 128 Å². The molecule has 0 radical (unpaired) electrons. The number of nitrogens with one attached hydrogen (secondary N) is 1. The predicted octanol–water partition coefficient (Wildman–Crippen LogP) is 0.906. The summed E-state index contributed by atoms with van der Waals surface area (Å²) in [6.07, 6.45) is 3.97. The van der Waals surface area contributed by atoms with E-state index in [2.05, 4.69) is 15.5 Å². The molecule has 2 heterocycles. The Morgan fingerprint density at radius 2 is 2.14 bits per heavy atom. The summed E-state index contributed by atoms with van der Waals surface area (Å²) in [5, 5.41) is 6.66. The van der Waals surface area contributed by atoms with E-state index in [0.29, 0.717) is 31.5 Å². The third-order valence-corrected chi connectivity index (χ3v) is 3.53. The summed E-state index contributed by atoms with van der Waals surface area (Å²) in [7, 11) is 0. The fourth-order valence-electron chi connectivity index (χ4n) is 2.22. The van der Waals surface area contributed by atoms with Gasteiger partial charge in [0, 0.05) is 36.8 Å². The lowest BCUT2D eigenvalue weighted by Gasteiger charge is -2.07. The molecular formula is C15H20N4O3. The molecule has 0 bridgehead atoms. The van der Waals surface area contributed by atoms with Crippen molar-refractivity contribution in [3.63, 3.8) is 0 Å². The number of carbonyl (C=O) groups excluding carboxylic acids is 1. The number of nitrogens with zero attached hydrogens (tertiary/aromatic N) is 3. The van der Waals surface area contributed by atoms with Crippen molar-refractivity contribution < 1.29 is 9.32 Å². The van der Waals surface area contributed by atoms with Crippen molar-refractivity contribution in [3.8, 4) is 0 Å². The lowest BCUT2D eigenvalue weighted by atomic mass is 10.1. The number of aryl methyl sites for hydroxylation is 3. The minimum Gasteiger partial charge on any atom is -0.361 e. The fraction of sp³-hybridized carbons (Fsp3) is 0.467. The second kappa shape index (κ2) is 7.02. The Hall–Kier alpha value is -2.44. The highest BCUT2D eigenvalue weighted by atomic mass is 16.5. The zero-order valence-corrected chi connectivity index (χ0v) is 13.0. The van der Waals surface area contributed by atoms with Crippen LogP contribution in [0.2, 0.25) is 0 Å². The van der Waals surface area contributed by atoms with Gasteiger partial charge in [-0.15, -0.1) is 0 Å². The molecule has 0 aliphatic carbocycles. The van der Waals surface area contributed by atoms with Gasteiger partial charge >= 0.3 is 0 Å². The first-order valence-electron chi connectivity index (χ1n) is 7.18. The molecule has 0 aliphatic rings. The molecule has 2 rings (SSSR count). The summed E-state index contributed by atoms with van der Waals surface area (Å²) in [6, 6.07) is 0. The minimum absolute atomic E-state index is 0.0614.